The summed E-state index contributed by atoms with van der Waals surface area (Å²) < 4.78 is 7.12. The van der Waals surface area contributed by atoms with Crippen LogP contribution in [0.2, 0.25) is 10.0 Å². The number of carbonyl (C=O) groups is 1. The van der Waals surface area contributed by atoms with Crippen LogP contribution in [0.3, 0.4) is 0 Å². The highest BCUT2D eigenvalue weighted by molar-refractivity contribution is 7.99. The fourth-order valence-electron chi connectivity index (χ4n) is 3.30. The second-order valence-electron chi connectivity index (χ2n) is 7.69. The van der Waals surface area contributed by atoms with Crippen LogP contribution in [-0.2, 0) is 17.7 Å². The zero-order valence-electron chi connectivity index (χ0n) is 18.3. The third kappa shape index (κ3) is 6.40. The van der Waals surface area contributed by atoms with E-state index in [1.165, 1.54) is 0 Å². The number of aromatic nitrogens is 3. The molecule has 32 heavy (non-hydrogen) atoms. The molecule has 0 atom stereocenters. The summed E-state index contributed by atoms with van der Waals surface area (Å²) in [4.78, 5) is 21.3. The van der Waals surface area contributed by atoms with Gasteiger partial charge in [-0.3, -0.25) is 4.98 Å². The Kier molecular flexibility index (Phi) is 8.45. The highest BCUT2D eigenvalue weighted by Gasteiger charge is 2.21. The van der Waals surface area contributed by atoms with Gasteiger partial charge in [0.2, 0.25) is 0 Å². The number of halogens is 2. The molecule has 170 valence electrons. The summed E-state index contributed by atoms with van der Waals surface area (Å²) in [5, 5.41) is 2.21. The molecule has 2 N–H and O–H groups in total. The molecule has 0 spiro atoms. The van der Waals surface area contributed by atoms with Crippen molar-refractivity contribution in [3.8, 4) is 0 Å². The number of hydrogen-bond donors (Lipinski definition) is 1. The Morgan fingerprint density at radius 3 is 2.59 bits per heavy atom. The smallest absolute Gasteiger partial charge is 0.404 e. The van der Waals surface area contributed by atoms with Gasteiger partial charge in [-0.15, -0.1) is 0 Å². The van der Waals surface area contributed by atoms with Gasteiger partial charge in [0.1, 0.15) is 10.9 Å². The topological polar surface area (TPSA) is 83.0 Å². The number of pyridine rings is 1. The number of aryl methyl sites for hydroxylation is 2. The highest BCUT2D eigenvalue weighted by atomic mass is 35.5. The van der Waals surface area contributed by atoms with E-state index in [0.29, 0.717) is 29.4 Å². The zero-order valence-corrected chi connectivity index (χ0v) is 20.6. The van der Waals surface area contributed by atoms with Crippen LogP contribution in [0.25, 0.3) is 0 Å². The van der Waals surface area contributed by atoms with Gasteiger partial charge in [0.05, 0.1) is 18.8 Å². The van der Waals surface area contributed by atoms with Gasteiger partial charge in [-0.1, -0.05) is 54.9 Å². The second-order valence-corrected chi connectivity index (χ2v) is 9.62. The van der Waals surface area contributed by atoms with Crippen LogP contribution in [0.5, 0.6) is 0 Å². The third-order valence-electron chi connectivity index (χ3n) is 4.86. The number of benzene rings is 1. The van der Waals surface area contributed by atoms with Gasteiger partial charge in [-0.2, -0.15) is 0 Å². The van der Waals surface area contributed by atoms with E-state index in [2.05, 4.69) is 29.5 Å². The van der Waals surface area contributed by atoms with E-state index in [9.17, 15) is 4.79 Å². The second kappa shape index (κ2) is 11.1. The summed E-state index contributed by atoms with van der Waals surface area (Å²) in [7, 11) is 0. The molecule has 0 bridgehead atoms. The van der Waals surface area contributed by atoms with Gasteiger partial charge < -0.3 is 15.0 Å². The standard InChI is InChI=1S/C23H26Cl2N4O2S/c1-14(2)21-22(32-19-11-17(24)10-18(25)12-19)29(13-16-6-4-8-27-15(16)3)20(28-21)7-5-9-31-23(26)30/h4,6,8,10-12,14H,5,7,9,13H2,1-3H3,(H2,26,30). The van der Waals surface area contributed by atoms with E-state index in [0.717, 1.165) is 32.7 Å². The molecule has 0 unspecified atom stereocenters. The van der Waals surface area contributed by atoms with Crippen LogP contribution in [-0.4, -0.2) is 27.2 Å². The molecule has 3 rings (SSSR count). The Morgan fingerprint density at radius 2 is 1.97 bits per heavy atom. The largest absolute Gasteiger partial charge is 0.450 e. The van der Waals surface area contributed by atoms with Crippen LogP contribution < -0.4 is 5.73 Å². The predicted octanol–water partition coefficient (Wildman–Crippen LogP) is 6.24. The first-order valence-electron chi connectivity index (χ1n) is 10.3. The van der Waals surface area contributed by atoms with E-state index in [1.54, 1.807) is 24.0 Å². The summed E-state index contributed by atoms with van der Waals surface area (Å²) in [6.45, 7) is 7.12. The SMILES string of the molecule is Cc1ncccc1Cn1c(CCCOC(N)=O)nc(C(C)C)c1Sc1cc(Cl)cc(Cl)c1. The molecule has 0 radical (unpaired) electrons. The summed E-state index contributed by atoms with van der Waals surface area (Å²) in [6.07, 6.45) is 2.29. The van der Waals surface area contributed by atoms with Crippen molar-refractivity contribution in [1.82, 2.24) is 14.5 Å². The van der Waals surface area contributed by atoms with Crippen molar-refractivity contribution in [3.05, 3.63) is 69.3 Å². The summed E-state index contributed by atoms with van der Waals surface area (Å²) >= 11 is 14.1. The number of carbonyl (C=O) groups excluding carboxylic acids is 1. The van der Waals surface area contributed by atoms with E-state index in [4.69, 9.17) is 38.7 Å². The van der Waals surface area contributed by atoms with Crippen LogP contribution in [0.15, 0.2) is 46.5 Å². The zero-order chi connectivity index (χ0) is 23.3. The molecular weight excluding hydrogens is 467 g/mol. The number of nitrogens with zero attached hydrogens (tertiary/aromatic N) is 3. The van der Waals surface area contributed by atoms with E-state index >= 15 is 0 Å². The number of nitrogens with two attached hydrogens (primary N) is 1. The Labute approximate surface area is 202 Å². The van der Waals surface area contributed by atoms with Crippen molar-refractivity contribution in [2.45, 2.75) is 56.0 Å². The van der Waals surface area contributed by atoms with Crippen molar-refractivity contribution in [1.29, 1.82) is 0 Å². The third-order valence-corrected chi connectivity index (χ3v) is 6.39. The van der Waals surface area contributed by atoms with Gasteiger partial charge in [0.25, 0.3) is 0 Å². The molecule has 9 heteroatoms. The Hall–Kier alpha value is -2.22. The summed E-state index contributed by atoms with van der Waals surface area (Å²) in [5.74, 6) is 1.13. The van der Waals surface area contributed by atoms with Crippen molar-refractivity contribution in [2.24, 2.45) is 5.73 Å². The molecule has 1 amide bonds. The molecular formula is C23H26Cl2N4O2S. The molecule has 2 aromatic heterocycles. The van der Waals surface area contributed by atoms with Gasteiger partial charge in [0, 0.05) is 33.3 Å². The number of amides is 1. The quantitative estimate of drug-likeness (QED) is 0.357. The average molecular weight is 493 g/mol. The lowest BCUT2D eigenvalue weighted by Gasteiger charge is -2.15. The molecule has 0 aliphatic heterocycles. The van der Waals surface area contributed by atoms with Gasteiger partial charge in [0.15, 0.2) is 0 Å². The van der Waals surface area contributed by atoms with Crippen molar-refractivity contribution >= 4 is 41.1 Å². The maximum atomic E-state index is 10.9. The molecule has 6 nitrogen and oxygen atoms in total. The number of rotatable bonds is 9. The lowest BCUT2D eigenvalue weighted by molar-refractivity contribution is 0.155. The highest BCUT2D eigenvalue weighted by Crippen LogP contribution is 2.37. The van der Waals surface area contributed by atoms with Crippen LogP contribution in [0, 0.1) is 6.92 Å². The normalized spacial score (nSPS) is 11.2. The predicted molar refractivity (Wildman–Crippen MR) is 129 cm³/mol. The lowest BCUT2D eigenvalue weighted by Crippen LogP contribution is -2.15. The van der Waals surface area contributed by atoms with Crippen molar-refractivity contribution < 1.29 is 9.53 Å². The Morgan fingerprint density at radius 1 is 1.25 bits per heavy atom. The maximum absolute atomic E-state index is 10.9. The van der Waals surface area contributed by atoms with Gasteiger partial charge in [-0.05, 0) is 49.1 Å². The van der Waals surface area contributed by atoms with E-state index < -0.39 is 6.09 Å². The molecule has 0 aliphatic rings. The minimum absolute atomic E-state index is 0.212. The number of ether oxygens (including phenoxy) is 1. The fourth-order valence-corrected chi connectivity index (χ4v) is 5.21. The van der Waals surface area contributed by atoms with Gasteiger partial charge in [-0.25, -0.2) is 9.78 Å². The monoisotopic (exact) mass is 492 g/mol. The first kappa shape index (κ1) is 24.4. The average Bonchev–Trinajstić information content (AvgIpc) is 3.03. The lowest BCUT2D eigenvalue weighted by atomic mass is 10.1. The first-order valence-corrected chi connectivity index (χ1v) is 11.9. The van der Waals surface area contributed by atoms with Crippen LogP contribution in [0.1, 0.15) is 49.0 Å². The number of primary amides is 1. The van der Waals surface area contributed by atoms with Gasteiger partial charge >= 0.3 is 6.09 Å². The van der Waals surface area contributed by atoms with Crippen molar-refractivity contribution in [2.75, 3.05) is 6.61 Å². The molecule has 3 aromatic rings. The molecule has 0 saturated carbocycles. The molecule has 0 fully saturated rings. The van der Waals surface area contributed by atoms with E-state index in [-0.39, 0.29) is 12.5 Å². The Bertz CT molecular complexity index is 1080. The number of hydrogen-bond acceptors (Lipinski definition) is 5. The molecule has 2 heterocycles. The van der Waals surface area contributed by atoms with E-state index in [1.807, 2.05) is 25.1 Å². The molecule has 0 saturated heterocycles. The maximum Gasteiger partial charge on any atom is 0.404 e. The first-order chi connectivity index (χ1) is 15.2. The molecule has 0 aliphatic carbocycles. The Balaban J connectivity index is 2.02. The minimum Gasteiger partial charge on any atom is -0.450 e. The number of imidazole rings is 1. The minimum atomic E-state index is -0.767. The van der Waals surface area contributed by atoms with Crippen LogP contribution >= 0.6 is 35.0 Å². The summed E-state index contributed by atoms with van der Waals surface area (Å²) in [5.41, 5.74) is 8.17. The van der Waals surface area contributed by atoms with Crippen molar-refractivity contribution in [3.63, 3.8) is 0 Å². The molecule has 1 aromatic carbocycles. The van der Waals surface area contributed by atoms with Crippen LogP contribution in [0.4, 0.5) is 4.79 Å². The fraction of sp³-hybridized carbons (Fsp3) is 0.348. The summed E-state index contributed by atoms with van der Waals surface area (Å²) in [6, 6.07) is 9.52.